The molecule has 1 aromatic heterocycles. The Labute approximate surface area is 121 Å². The van der Waals surface area contributed by atoms with Gasteiger partial charge in [-0.2, -0.15) is 0 Å². The lowest BCUT2D eigenvalue weighted by Crippen LogP contribution is -2.34. The summed E-state index contributed by atoms with van der Waals surface area (Å²) in [5.74, 6) is -0.985. The molecule has 0 aliphatic carbocycles. The molecule has 1 atom stereocenters. The van der Waals surface area contributed by atoms with Crippen LogP contribution in [0.4, 0.5) is 0 Å². The third-order valence-electron chi connectivity index (χ3n) is 3.58. The number of carbonyl (C=O) groups excluding carboxylic acids is 1. The fourth-order valence-electron chi connectivity index (χ4n) is 2.29. The summed E-state index contributed by atoms with van der Waals surface area (Å²) in [4.78, 5) is 30.2. The molecule has 110 valence electrons. The Hall–Kier alpha value is -1.47. The molecule has 6 nitrogen and oxygen atoms in total. The van der Waals surface area contributed by atoms with Crippen molar-refractivity contribution in [3.63, 3.8) is 0 Å². The van der Waals surface area contributed by atoms with Crippen molar-refractivity contribution in [2.45, 2.75) is 26.9 Å². The van der Waals surface area contributed by atoms with Crippen molar-refractivity contribution in [2.24, 2.45) is 5.41 Å². The van der Waals surface area contributed by atoms with Gasteiger partial charge in [-0.15, -0.1) is 11.3 Å². The fourth-order valence-corrected chi connectivity index (χ4v) is 3.29. The highest BCUT2D eigenvalue weighted by Crippen LogP contribution is 2.32. The summed E-state index contributed by atoms with van der Waals surface area (Å²) < 4.78 is 5.01. The SMILES string of the molecule is COCc1nc(C)c(C(=O)N2CCC(C)(C(=O)O)C2)s1. The van der Waals surface area contributed by atoms with Crippen molar-refractivity contribution in [3.8, 4) is 0 Å². The number of likely N-dealkylation sites (tertiary alicyclic amines) is 1. The molecule has 1 fully saturated rings. The number of aryl methyl sites for hydroxylation is 1. The summed E-state index contributed by atoms with van der Waals surface area (Å²) in [6.45, 7) is 4.57. The number of methoxy groups -OCH3 is 1. The van der Waals surface area contributed by atoms with Crippen molar-refractivity contribution < 1.29 is 19.4 Å². The van der Waals surface area contributed by atoms with Gasteiger partial charge in [-0.3, -0.25) is 9.59 Å². The second-order valence-electron chi connectivity index (χ2n) is 5.30. The van der Waals surface area contributed by atoms with Gasteiger partial charge in [-0.05, 0) is 20.3 Å². The normalized spacial score (nSPS) is 22.2. The van der Waals surface area contributed by atoms with Gasteiger partial charge in [-0.1, -0.05) is 0 Å². The highest BCUT2D eigenvalue weighted by molar-refractivity contribution is 7.13. The molecule has 1 saturated heterocycles. The Kier molecular flexibility index (Phi) is 4.10. The lowest BCUT2D eigenvalue weighted by Gasteiger charge is -2.19. The molecule has 1 N–H and O–H groups in total. The van der Waals surface area contributed by atoms with E-state index in [1.165, 1.54) is 11.3 Å². The van der Waals surface area contributed by atoms with E-state index in [-0.39, 0.29) is 12.5 Å². The lowest BCUT2D eigenvalue weighted by atomic mass is 9.90. The van der Waals surface area contributed by atoms with Gasteiger partial charge in [0, 0.05) is 20.2 Å². The quantitative estimate of drug-likeness (QED) is 0.912. The molecule has 0 radical (unpaired) electrons. The predicted octanol–water partition coefficient (Wildman–Crippen LogP) is 1.53. The van der Waals surface area contributed by atoms with E-state index >= 15 is 0 Å². The van der Waals surface area contributed by atoms with Gasteiger partial charge in [0.05, 0.1) is 17.7 Å². The van der Waals surface area contributed by atoms with E-state index in [2.05, 4.69) is 4.98 Å². The second kappa shape index (κ2) is 5.49. The first-order chi connectivity index (χ1) is 9.37. The molecular weight excluding hydrogens is 280 g/mol. The molecule has 1 aliphatic heterocycles. The Balaban J connectivity index is 2.15. The summed E-state index contributed by atoms with van der Waals surface area (Å²) in [6, 6.07) is 0. The summed E-state index contributed by atoms with van der Waals surface area (Å²) in [6.07, 6.45) is 0.483. The number of nitrogens with zero attached hydrogens (tertiary/aromatic N) is 2. The average molecular weight is 298 g/mol. The van der Waals surface area contributed by atoms with Crippen LogP contribution >= 0.6 is 11.3 Å². The number of aliphatic carboxylic acids is 1. The molecule has 1 amide bonds. The number of aromatic nitrogens is 1. The van der Waals surface area contributed by atoms with Crippen LogP contribution in [0, 0.1) is 12.3 Å². The van der Waals surface area contributed by atoms with Crippen LogP contribution in [-0.4, -0.2) is 47.1 Å². The largest absolute Gasteiger partial charge is 0.481 e. The predicted molar refractivity (Wildman–Crippen MR) is 73.8 cm³/mol. The Bertz CT molecular complexity index is 542. The minimum absolute atomic E-state index is 0.132. The van der Waals surface area contributed by atoms with E-state index in [4.69, 9.17) is 4.74 Å². The first-order valence-electron chi connectivity index (χ1n) is 6.35. The molecular formula is C13H18N2O4S. The number of carbonyl (C=O) groups is 2. The van der Waals surface area contributed by atoms with Gasteiger partial charge in [0.15, 0.2) is 0 Å². The van der Waals surface area contributed by atoms with Gasteiger partial charge < -0.3 is 14.7 Å². The first-order valence-corrected chi connectivity index (χ1v) is 7.17. The molecule has 0 aromatic carbocycles. The maximum atomic E-state index is 12.5. The molecule has 1 aromatic rings. The van der Waals surface area contributed by atoms with E-state index < -0.39 is 11.4 Å². The van der Waals surface area contributed by atoms with Gasteiger partial charge in [0.2, 0.25) is 0 Å². The number of carboxylic acids is 1. The summed E-state index contributed by atoms with van der Waals surface area (Å²) in [5, 5.41) is 9.96. The number of ether oxygens (including phenoxy) is 1. The van der Waals surface area contributed by atoms with E-state index in [0.29, 0.717) is 30.1 Å². The Morgan fingerprint density at radius 3 is 2.80 bits per heavy atom. The van der Waals surface area contributed by atoms with Crippen molar-refractivity contribution in [1.82, 2.24) is 9.88 Å². The number of thiazole rings is 1. The van der Waals surface area contributed by atoms with E-state index in [1.807, 2.05) is 0 Å². The van der Waals surface area contributed by atoms with Crippen molar-refractivity contribution >= 4 is 23.2 Å². The highest BCUT2D eigenvalue weighted by atomic mass is 32.1. The number of amides is 1. The van der Waals surface area contributed by atoms with Gasteiger partial charge in [0.25, 0.3) is 5.91 Å². The van der Waals surface area contributed by atoms with Crippen LogP contribution in [0.2, 0.25) is 0 Å². The van der Waals surface area contributed by atoms with Crippen LogP contribution in [0.25, 0.3) is 0 Å². The minimum Gasteiger partial charge on any atom is -0.481 e. The number of carboxylic acid groups (broad SMARTS) is 1. The van der Waals surface area contributed by atoms with Gasteiger partial charge >= 0.3 is 5.97 Å². The number of rotatable bonds is 4. The summed E-state index contributed by atoms with van der Waals surface area (Å²) >= 11 is 1.31. The Morgan fingerprint density at radius 1 is 1.55 bits per heavy atom. The maximum Gasteiger partial charge on any atom is 0.311 e. The standard InChI is InChI=1S/C13H18N2O4S/c1-8-10(20-9(14-8)6-19-3)11(16)15-5-4-13(2,7-15)12(17)18/h4-7H2,1-3H3,(H,17,18). The average Bonchev–Trinajstić information content (AvgIpc) is 2.94. The topological polar surface area (TPSA) is 79.7 Å². The molecule has 20 heavy (non-hydrogen) atoms. The van der Waals surface area contributed by atoms with E-state index in [0.717, 1.165) is 5.01 Å². The van der Waals surface area contributed by atoms with Crippen LogP contribution in [0.15, 0.2) is 0 Å². The van der Waals surface area contributed by atoms with E-state index in [9.17, 15) is 14.7 Å². The minimum atomic E-state index is -0.853. The lowest BCUT2D eigenvalue weighted by molar-refractivity contribution is -0.147. The van der Waals surface area contributed by atoms with E-state index in [1.54, 1.807) is 25.9 Å². The van der Waals surface area contributed by atoms with Crippen LogP contribution in [-0.2, 0) is 16.1 Å². The van der Waals surface area contributed by atoms with Crippen LogP contribution < -0.4 is 0 Å². The first kappa shape index (κ1) is 14.9. The van der Waals surface area contributed by atoms with Crippen molar-refractivity contribution in [2.75, 3.05) is 20.2 Å². The van der Waals surface area contributed by atoms with Crippen LogP contribution in [0.3, 0.4) is 0 Å². The van der Waals surface area contributed by atoms with Gasteiger partial charge in [0.1, 0.15) is 9.88 Å². The molecule has 2 heterocycles. The summed E-state index contributed by atoms with van der Waals surface area (Å²) in [5.41, 5.74) is -0.167. The molecule has 7 heteroatoms. The molecule has 0 spiro atoms. The van der Waals surface area contributed by atoms with Crippen LogP contribution in [0.1, 0.15) is 33.7 Å². The zero-order valence-corrected chi connectivity index (χ0v) is 12.6. The fraction of sp³-hybridized carbons (Fsp3) is 0.615. The monoisotopic (exact) mass is 298 g/mol. The molecule has 0 saturated carbocycles. The third kappa shape index (κ3) is 2.69. The molecule has 0 bridgehead atoms. The smallest absolute Gasteiger partial charge is 0.311 e. The highest BCUT2D eigenvalue weighted by Gasteiger charge is 2.42. The number of hydrogen-bond acceptors (Lipinski definition) is 5. The van der Waals surface area contributed by atoms with Crippen LogP contribution in [0.5, 0.6) is 0 Å². The van der Waals surface area contributed by atoms with Crippen molar-refractivity contribution in [3.05, 3.63) is 15.6 Å². The zero-order chi connectivity index (χ0) is 14.9. The molecule has 2 rings (SSSR count). The second-order valence-corrected chi connectivity index (χ2v) is 6.38. The zero-order valence-electron chi connectivity index (χ0n) is 11.8. The Morgan fingerprint density at radius 2 is 2.25 bits per heavy atom. The molecule has 1 aliphatic rings. The van der Waals surface area contributed by atoms with Crippen molar-refractivity contribution in [1.29, 1.82) is 0 Å². The maximum absolute atomic E-state index is 12.5. The van der Waals surface area contributed by atoms with Gasteiger partial charge in [-0.25, -0.2) is 4.98 Å². The summed E-state index contributed by atoms with van der Waals surface area (Å²) in [7, 11) is 1.58. The molecule has 1 unspecified atom stereocenters. The third-order valence-corrected chi connectivity index (χ3v) is 4.70. The number of hydrogen-bond donors (Lipinski definition) is 1.